The molecular formula is C25H34N2O4. The van der Waals surface area contributed by atoms with Crippen molar-refractivity contribution in [3.63, 3.8) is 0 Å². The van der Waals surface area contributed by atoms with Gasteiger partial charge in [-0.05, 0) is 55.0 Å². The topological polar surface area (TPSA) is 69.2 Å². The number of rotatable bonds is 12. The van der Waals surface area contributed by atoms with Crippen LogP contribution in [0.4, 0.5) is 0 Å². The summed E-state index contributed by atoms with van der Waals surface area (Å²) in [5, 5.41) is 4.06. The summed E-state index contributed by atoms with van der Waals surface area (Å²) < 4.78 is 17.2. The van der Waals surface area contributed by atoms with Gasteiger partial charge in [-0.1, -0.05) is 39.8 Å². The first-order valence-corrected chi connectivity index (χ1v) is 10.9. The summed E-state index contributed by atoms with van der Waals surface area (Å²) in [5.74, 6) is 2.13. The Morgan fingerprint density at radius 3 is 2.45 bits per heavy atom. The number of amides is 1. The van der Waals surface area contributed by atoms with Crippen molar-refractivity contribution in [1.82, 2.24) is 5.43 Å². The number of nitrogens with one attached hydrogen (secondary N) is 1. The number of carbonyl (C=O) groups excluding carboxylic acids is 1. The number of aryl methyl sites for hydroxylation is 1. The maximum atomic E-state index is 12.2. The molecule has 168 valence electrons. The Kier molecular flexibility index (Phi) is 9.88. The second kappa shape index (κ2) is 12.6. The number of nitrogens with zero attached hydrogens (tertiary/aromatic N) is 1. The Balaban J connectivity index is 1.98. The lowest BCUT2D eigenvalue weighted by Gasteiger charge is -2.14. The molecule has 0 aromatic heterocycles. The summed E-state index contributed by atoms with van der Waals surface area (Å²) in [6.07, 6.45) is 3.39. The predicted molar refractivity (Wildman–Crippen MR) is 125 cm³/mol. The van der Waals surface area contributed by atoms with Crippen LogP contribution in [0.2, 0.25) is 0 Å². The quantitative estimate of drug-likeness (QED) is 0.373. The average Bonchev–Trinajstić information content (AvgIpc) is 2.75. The number of benzene rings is 2. The summed E-state index contributed by atoms with van der Waals surface area (Å²) in [4.78, 5) is 12.2. The van der Waals surface area contributed by atoms with Gasteiger partial charge in [-0.15, -0.1) is 0 Å². The van der Waals surface area contributed by atoms with Gasteiger partial charge in [0, 0.05) is 11.6 Å². The van der Waals surface area contributed by atoms with E-state index in [4.69, 9.17) is 14.2 Å². The second-order valence-electron chi connectivity index (χ2n) is 7.67. The van der Waals surface area contributed by atoms with Crippen molar-refractivity contribution >= 4 is 12.1 Å². The highest BCUT2D eigenvalue weighted by molar-refractivity contribution is 5.85. The molecule has 6 heteroatoms. The molecule has 0 aliphatic rings. The molecule has 0 saturated carbocycles. The fourth-order valence-corrected chi connectivity index (χ4v) is 2.86. The molecule has 2 rings (SSSR count). The lowest BCUT2D eigenvalue weighted by Crippen LogP contribution is -2.25. The number of hydrogen-bond acceptors (Lipinski definition) is 5. The lowest BCUT2D eigenvalue weighted by atomic mass is 10.0. The van der Waals surface area contributed by atoms with Gasteiger partial charge in [0.15, 0.2) is 6.61 Å². The van der Waals surface area contributed by atoms with Crippen LogP contribution in [0.25, 0.3) is 0 Å². The van der Waals surface area contributed by atoms with Crippen molar-refractivity contribution in [2.24, 2.45) is 5.10 Å². The molecule has 0 fully saturated rings. The van der Waals surface area contributed by atoms with E-state index >= 15 is 0 Å². The molecule has 0 bridgehead atoms. The number of ether oxygens (including phenoxy) is 3. The molecule has 0 unspecified atom stereocenters. The van der Waals surface area contributed by atoms with Gasteiger partial charge in [-0.2, -0.15) is 5.10 Å². The van der Waals surface area contributed by atoms with Gasteiger partial charge in [0.05, 0.1) is 19.4 Å². The summed E-state index contributed by atoms with van der Waals surface area (Å²) >= 11 is 0. The maximum absolute atomic E-state index is 12.2. The first kappa shape index (κ1) is 24.3. The Labute approximate surface area is 185 Å². The Morgan fingerprint density at radius 2 is 1.74 bits per heavy atom. The average molecular weight is 427 g/mol. The third-order valence-electron chi connectivity index (χ3n) is 4.46. The minimum atomic E-state index is -0.327. The molecule has 1 N–H and O–H groups in total. The molecule has 1 amide bonds. The SMILES string of the molecule is CCCOc1ccc(/C=N/NC(=O)COc2cc(C)ccc2C(C)C)c(OCCC)c1. The van der Waals surface area contributed by atoms with Crippen molar-refractivity contribution in [3.8, 4) is 17.2 Å². The van der Waals surface area contributed by atoms with Crippen LogP contribution < -0.4 is 19.6 Å². The Hall–Kier alpha value is -3.02. The van der Waals surface area contributed by atoms with Gasteiger partial charge in [-0.3, -0.25) is 4.79 Å². The van der Waals surface area contributed by atoms with Crippen LogP contribution in [0.5, 0.6) is 17.2 Å². The molecule has 0 spiro atoms. The second-order valence-corrected chi connectivity index (χ2v) is 7.67. The molecule has 2 aromatic rings. The Bertz CT molecular complexity index is 878. The largest absolute Gasteiger partial charge is 0.493 e. The molecule has 0 aliphatic carbocycles. The molecule has 0 heterocycles. The highest BCUT2D eigenvalue weighted by Crippen LogP contribution is 2.27. The molecule has 0 aliphatic heterocycles. The molecule has 31 heavy (non-hydrogen) atoms. The van der Waals surface area contributed by atoms with Crippen LogP contribution in [0, 0.1) is 6.92 Å². The van der Waals surface area contributed by atoms with Crippen LogP contribution >= 0.6 is 0 Å². The first-order valence-electron chi connectivity index (χ1n) is 10.9. The zero-order chi connectivity index (χ0) is 22.6. The van der Waals surface area contributed by atoms with Crippen molar-refractivity contribution in [3.05, 3.63) is 53.1 Å². The first-order chi connectivity index (χ1) is 14.9. The molecule has 0 atom stereocenters. The summed E-state index contributed by atoms with van der Waals surface area (Å²) in [6, 6.07) is 11.6. The maximum Gasteiger partial charge on any atom is 0.277 e. The van der Waals surface area contributed by atoms with E-state index in [1.807, 2.05) is 50.2 Å². The lowest BCUT2D eigenvalue weighted by molar-refractivity contribution is -0.123. The van der Waals surface area contributed by atoms with Gasteiger partial charge in [-0.25, -0.2) is 5.43 Å². The fraction of sp³-hybridized carbons (Fsp3) is 0.440. The van der Waals surface area contributed by atoms with Crippen molar-refractivity contribution in [1.29, 1.82) is 0 Å². The van der Waals surface area contributed by atoms with Gasteiger partial charge in [0.2, 0.25) is 0 Å². The summed E-state index contributed by atoms with van der Waals surface area (Å²) in [6.45, 7) is 11.4. The van der Waals surface area contributed by atoms with Crippen molar-refractivity contribution in [2.75, 3.05) is 19.8 Å². The van der Waals surface area contributed by atoms with Crippen LogP contribution in [-0.4, -0.2) is 31.9 Å². The summed E-state index contributed by atoms with van der Waals surface area (Å²) in [7, 11) is 0. The third kappa shape index (κ3) is 7.96. The number of carbonyl (C=O) groups is 1. The zero-order valence-corrected chi connectivity index (χ0v) is 19.2. The van der Waals surface area contributed by atoms with Crippen LogP contribution in [0.3, 0.4) is 0 Å². The molecule has 0 radical (unpaired) electrons. The van der Waals surface area contributed by atoms with E-state index in [1.165, 1.54) is 0 Å². The van der Waals surface area contributed by atoms with Gasteiger partial charge < -0.3 is 14.2 Å². The van der Waals surface area contributed by atoms with Crippen molar-refractivity contribution in [2.45, 2.75) is 53.4 Å². The monoisotopic (exact) mass is 426 g/mol. The highest BCUT2D eigenvalue weighted by Gasteiger charge is 2.10. The fourth-order valence-electron chi connectivity index (χ4n) is 2.86. The van der Waals surface area contributed by atoms with Gasteiger partial charge in [0.25, 0.3) is 5.91 Å². The van der Waals surface area contributed by atoms with Gasteiger partial charge >= 0.3 is 0 Å². The third-order valence-corrected chi connectivity index (χ3v) is 4.46. The standard InChI is InChI=1S/C25H34N2O4/c1-6-12-29-21-10-9-20(23(15-21)30-13-7-2)16-26-27-25(28)17-31-24-14-19(5)8-11-22(24)18(3)4/h8-11,14-16,18H,6-7,12-13,17H2,1-5H3,(H,27,28)/b26-16+. The van der Waals surface area contributed by atoms with E-state index < -0.39 is 0 Å². The molecule has 0 saturated heterocycles. The minimum absolute atomic E-state index is 0.108. The number of hydrogen-bond donors (Lipinski definition) is 1. The predicted octanol–water partition coefficient (Wildman–Crippen LogP) is 5.23. The van der Waals surface area contributed by atoms with E-state index in [2.05, 4.69) is 31.3 Å². The normalized spacial score (nSPS) is 11.0. The summed E-state index contributed by atoms with van der Waals surface area (Å²) in [5.41, 5.74) is 5.44. The van der Waals surface area contributed by atoms with Crippen molar-refractivity contribution < 1.29 is 19.0 Å². The Morgan fingerprint density at radius 1 is 1.00 bits per heavy atom. The number of hydrazone groups is 1. The molecule has 6 nitrogen and oxygen atoms in total. The van der Waals surface area contributed by atoms with E-state index in [0.29, 0.717) is 24.9 Å². The van der Waals surface area contributed by atoms with Crippen LogP contribution in [-0.2, 0) is 4.79 Å². The zero-order valence-electron chi connectivity index (χ0n) is 19.2. The smallest absolute Gasteiger partial charge is 0.277 e. The van der Waals surface area contributed by atoms with E-state index in [-0.39, 0.29) is 12.5 Å². The van der Waals surface area contributed by atoms with Gasteiger partial charge in [0.1, 0.15) is 17.2 Å². The van der Waals surface area contributed by atoms with E-state index in [0.717, 1.165) is 41.0 Å². The molecular weight excluding hydrogens is 392 g/mol. The van der Waals surface area contributed by atoms with Crippen LogP contribution in [0.15, 0.2) is 41.5 Å². The van der Waals surface area contributed by atoms with E-state index in [1.54, 1.807) is 6.21 Å². The van der Waals surface area contributed by atoms with Crippen LogP contribution in [0.1, 0.15) is 63.1 Å². The van der Waals surface area contributed by atoms with E-state index in [9.17, 15) is 4.79 Å². The molecule has 2 aromatic carbocycles. The minimum Gasteiger partial charge on any atom is -0.493 e. The highest BCUT2D eigenvalue weighted by atomic mass is 16.5.